The Balaban J connectivity index is 1.55. The number of carbonyl (C=O) groups excluding carboxylic acids is 1. The SMILES string of the molecule is COc1ccc(NC(=O)CCS(=O)c2ccc3c(c2)OCCO3)cc1N. The van der Waals surface area contributed by atoms with Crippen molar-refractivity contribution in [2.24, 2.45) is 0 Å². The Labute approximate surface area is 153 Å². The predicted octanol–water partition coefficient (Wildman–Crippen LogP) is 2.19. The number of methoxy groups -OCH3 is 1. The molecule has 0 saturated heterocycles. The Kier molecular flexibility index (Phi) is 5.62. The Morgan fingerprint density at radius 1 is 1.19 bits per heavy atom. The number of nitrogen functional groups attached to an aromatic ring is 1. The molecule has 1 aliphatic rings. The van der Waals surface area contributed by atoms with Gasteiger partial charge in [-0.1, -0.05) is 0 Å². The van der Waals surface area contributed by atoms with Crippen molar-refractivity contribution >= 4 is 28.1 Å². The highest BCUT2D eigenvalue weighted by Gasteiger charge is 2.15. The number of nitrogens with one attached hydrogen (secondary N) is 1. The molecule has 3 rings (SSSR count). The molecule has 0 fully saturated rings. The van der Waals surface area contributed by atoms with E-state index in [0.29, 0.717) is 46.7 Å². The van der Waals surface area contributed by atoms with Crippen molar-refractivity contribution in [3.8, 4) is 17.2 Å². The molecular weight excluding hydrogens is 356 g/mol. The van der Waals surface area contributed by atoms with Gasteiger partial charge in [0.15, 0.2) is 11.5 Å². The lowest BCUT2D eigenvalue weighted by Crippen LogP contribution is -2.16. The summed E-state index contributed by atoms with van der Waals surface area (Å²) in [7, 11) is 0.214. The number of amides is 1. The monoisotopic (exact) mass is 376 g/mol. The third-order valence-electron chi connectivity index (χ3n) is 3.80. The Morgan fingerprint density at radius 3 is 2.69 bits per heavy atom. The molecule has 0 saturated carbocycles. The molecule has 2 aromatic carbocycles. The van der Waals surface area contributed by atoms with Gasteiger partial charge in [-0.25, -0.2) is 0 Å². The summed E-state index contributed by atoms with van der Waals surface area (Å²) in [6.07, 6.45) is 0.118. The van der Waals surface area contributed by atoms with Crippen LogP contribution in [0.1, 0.15) is 6.42 Å². The van der Waals surface area contributed by atoms with Crippen LogP contribution in [0.25, 0.3) is 0 Å². The first-order chi connectivity index (χ1) is 12.6. The fraction of sp³-hybridized carbons (Fsp3) is 0.278. The summed E-state index contributed by atoms with van der Waals surface area (Å²) in [5.74, 6) is 1.74. The maximum absolute atomic E-state index is 12.4. The molecule has 0 aliphatic carbocycles. The summed E-state index contributed by atoms with van der Waals surface area (Å²) in [5, 5.41) is 2.74. The highest BCUT2D eigenvalue weighted by Crippen LogP contribution is 2.32. The number of rotatable bonds is 6. The number of benzene rings is 2. The number of anilines is 2. The maximum Gasteiger partial charge on any atom is 0.225 e. The Hall–Kier alpha value is -2.74. The van der Waals surface area contributed by atoms with Gasteiger partial charge >= 0.3 is 0 Å². The predicted molar refractivity (Wildman–Crippen MR) is 99.4 cm³/mol. The number of nitrogens with two attached hydrogens (primary N) is 1. The highest BCUT2D eigenvalue weighted by molar-refractivity contribution is 7.85. The molecule has 0 spiro atoms. The fourth-order valence-electron chi connectivity index (χ4n) is 2.50. The normalized spacial score (nSPS) is 13.7. The maximum atomic E-state index is 12.4. The van der Waals surface area contributed by atoms with Crippen LogP contribution >= 0.6 is 0 Å². The van der Waals surface area contributed by atoms with Crippen LogP contribution in [0.5, 0.6) is 17.2 Å². The summed E-state index contributed by atoms with van der Waals surface area (Å²) >= 11 is 0. The summed E-state index contributed by atoms with van der Waals surface area (Å²) in [6.45, 7) is 0.974. The molecule has 8 heteroatoms. The molecule has 7 nitrogen and oxygen atoms in total. The van der Waals surface area contributed by atoms with Crippen LogP contribution in [0.15, 0.2) is 41.3 Å². The second-order valence-electron chi connectivity index (χ2n) is 5.61. The minimum atomic E-state index is -1.31. The molecule has 0 radical (unpaired) electrons. The molecule has 3 N–H and O–H groups in total. The molecule has 1 amide bonds. The van der Waals surface area contributed by atoms with Crippen LogP contribution < -0.4 is 25.3 Å². The van der Waals surface area contributed by atoms with Gasteiger partial charge < -0.3 is 25.3 Å². The zero-order valence-electron chi connectivity index (χ0n) is 14.3. The van der Waals surface area contributed by atoms with Crippen molar-refractivity contribution in [2.75, 3.05) is 37.1 Å². The van der Waals surface area contributed by atoms with Crippen molar-refractivity contribution in [3.05, 3.63) is 36.4 Å². The van der Waals surface area contributed by atoms with E-state index in [1.54, 1.807) is 36.4 Å². The number of carbonyl (C=O) groups is 1. The summed E-state index contributed by atoms with van der Waals surface area (Å²) in [5.41, 5.74) is 6.82. The van der Waals surface area contributed by atoms with Crippen molar-refractivity contribution in [3.63, 3.8) is 0 Å². The van der Waals surface area contributed by atoms with E-state index < -0.39 is 10.8 Å². The van der Waals surface area contributed by atoms with E-state index in [4.69, 9.17) is 19.9 Å². The number of hydrogen-bond donors (Lipinski definition) is 2. The average Bonchev–Trinajstić information content (AvgIpc) is 2.66. The van der Waals surface area contributed by atoms with Crippen LogP contribution in [0.4, 0.5) is 11.4 Å². The van der Waals surface area contributed by atoms with Crippen molar-refractivity contribution in [1.82, 2.24) is 0 Å². The molecular formula is C18H20N2O5S. The molecule has 26 heavy (non-hydrogen) atoms. The largest absolute Gasteiger partial charge is 0.495 e. The van der Waals surface area contributed by atoms with Gasteiger partial charge in [-0.05, 0) is 30.3 Å². The van der Waals surface area contributed by atoms with E-state index in [9.17, 15) is 9.00 Å². The molecule has 1 aliphatic heterocycles. The topological polar surface area (TPSA) is 99.9 Å². The second kappa shape index (κ2) is 8.09. The minimum absolute atomic E-state index is 0.118. The molecule has 138 valence electrons. The van der Waals surface area contributed by atoms with Gasteiger partial charge in [-0.2, -0.15) is 0 Å². The van der Waals surface area contributed by atoms with Gasteiger partial charge in [0.2, 0.25) is 5.91 Å². The number of hydrogen-bond acceptors (Lipinski definition) is 6. The van der Waals surface area contributed by atoms with Crippen molar-refractivity contribution < 1.29 is 23.2 Å². The third-order valence-corrected chi connectivity index (χ3v) is 5.16. The molecule has 0 aromatic heterocycles. The van der Waals surface area contributed by atoms with E-state index >= 15 is 0 Å². The minimum Gasteiger partial charge on any atom is -0.495 e. The quantitative estimate of drug-likeness (QED) is 0.750. The lowest BCUT2D eigenvalue weighted by Gasteiger charge is -2.18. The van der Waals surface area contributed by atoms with Crippen LogP contribution in [0.3, 0.4) is 0 Å². The summed E-state index contributed by atoms with van der Waals surface area (Å²) in [4.78, 5) is 12.7. The number of ether oxygens (including phenoxy) is 3. The Bertz CT molecular complexity index is 840. The molecule has 1 heterocycles. The molecule has 0 bridgehead atoms. The molecule has 1 atom stereocenters. The van der Waals surface area contributed by atoms with Gasteiger partial charge in [0.05, 0.1) is 23.6 Å². The van der Waals surface area contributed by atoms with Crippen LogP contribution in [-0.2, 0) is 15.6 Å². The lowest BCUT2D eigenvalue weighted by molar-refractivity contribution is -0.115. The highest BCUT2D eigenvalue weighted by atomic mass is 32.2. The first-order valence-corrected chi connectivity index (χ1v) is 9.40. The lowest BCUT2D eigenvalue weighted by atomic mass is 10.2. The van der Waals surface area contributed by atoms with Gasteiger partial charge in [-0.3, -0.25) is 9.00 Å². The second-order valence-corrected chi connectivity index (χ2v) is 7.18. The van der Waals surface area contributed by atoms with Gasteiger partial charge in [0.25, 0.3) is 0 Å². The van der Waals surface area contributed by atoms with Crippen molar-refractivity contribution in [1.29, 1.82) is 0 Å². The Morgan fingerprint density at radius 2 is 1.96 bits per heavy atom. The number of fused-ring (bicyclic) bond motifs is 1. The average molecular weight is 376 g/mol. The van der Waals surface area contributed by atoms with E-state index in [2.05, 4.69) is 5.32 Å². The first-order valence-electron chi connectivity index (χ1n) is 8.08. The zero-order chi connectivity index (χ0) is 18.5. The summed E-state index contributed by atoms with van der Waals surface area (Å²) < 4.78 is 28.4. The molecule has 1 unspecified atom stereocenters. The van der Waals surface area contributed by atoms with E-state index in [0.717, 1.165) is 0 Å². The van der Waals surface area contributed by atoms with E-state index in [1.165, 1.54) is 7.11 Å². The first kappa shape index (κ1) is 18.1. The van der Waals surface area contributed by atoms with Crippen molar-refractivity contribution in [2.45, 2.75) is 11.3 Å². The van der Waals surface area contributed by atoms with Crippen LogP contribution in [-0.4, -0.2) is 36.2 Å². The molecule has 2 aromatic rings. The van der Waals surface area contributed by atoms with Crippen LogP contribution in [0, 0.1) is 0 Å². The van der Waals surface area contributed by atoms with Crippen LogP contribution in [0.2, 0.25) is 0 Å². The van der Waals surface area contributed by atoms with Gasteiger partial charge in [0, 0.05) is 28.8 Å². The van der Waals surface area contributed by atoms with Gasteiger partial charge in [0.1, 0.15) is 19.0 Å². The standard InChI is InChI=1S/C18H20N2O5S/c1-23-15-4-2-12(10-14(15)19)20-18(21)6-9-26(22)13-3-5-16-17(11-13)25-8-7-24-16/h2-5,10-11H,6-9,19H2,1H3,(H,20,21). The van der Waals surface area contributed by atoms with E-state index in [-0.39, 0.29) is 18.1 Å². The van der Waals surface area contributed by atoms with E-state index in [1.807, 2.05) is 0 Å². The van der Waals surface area contributed by atoms with Gasteiger partial charge in [-0.15, -0.1) is 0 Å². The summed E-state index contributed by atoms with van der Waals surface area (Å²) in [6, 6.07) is 10.2. The zero-order valence-corrected chi connectivity index (χ0v) is 15.1. The fourth-order valence-corrected chi connectivity index (χ4v) is 3.57. The third kappa shape index (κ3) is 4.26. The smallest absolute Gasteiger partial charge is 0.225 e.